The Labute approximate surface area is 112 Å². The lowest BCUT2D eigenvalue weighted by atomic mass is 10.1. The van der Waals surface area contributed by atoms with Crippen molar-refractivity contribution in [1.82, 2.24) is 0 Å². The second kappa shape index (κ2) is 4.43. The molecular weight excluding hydrogens is 238 g/mol. The highest BCUT2D eigenvalue weighted by atomic mass is 16.6. The van der Waals surface area contributed by atoms with Gasteiger partial charge in [-0.25, -0.2) is 4.79 Å². The monoisotopic (exact) mass is 253 g/mol. The first-order chi connectivity index (χ1) is 9.15. The van der Waals surface area contributed by atoms with Crippen LogP contribution in [-0.2, 0) is 4.74 Å². The van der Waals surface area contributed by atoms with Crippen LogP contribution in [0.5, 0.6) is 0 Å². The number of anilines is 1. The van der Waals surface area contributed by atoms with Crippen LogP contribution in [0.2, 0.25) is 0 Å². The van der Waals surface area contributed by atoms with Crippen molar-refractivity contribution in [2.24, 2.45) is 0 Å². The Balaban J connectivity index is 1.89. The van der Waals surface area contributed by atoms with Crippen LogP contribution in [0.4, 0.5) is 5.69 Å². The Morgan fingerprint density at radius 3 is 2.63 bits per heavy atom. The normalized spacial score (nSPS) is 16.9. The van der Waals surface area contributed by atoms with Gasteiger partial charge in [-0.2, -0.15) is 0 Å². The summed E-state index contributed by atoms with van der Waals surface area (Å²) in [5.74, 6) is -0.267. The van der Waals surface area contributed by atoms with Crippen LogP contribution >= 0.6 is 0 Å². The van der Waals surface area contributed by atoms with Crippen molar-refractivity contribution in [2.75, 3.05) is 5.32 Å². The van der Waals surface area contributed by atoms with E-state index in [0.29, 0.717) is 5.56 Å². The fraction of sp³-hybridized carbons (Fsp3) is 0.188. The molecule has 96 valence electrons. The van der Waals surface area contributed by atoms with Gasteiger partial charge in [0.15, 0.2) is 0 Å². The third-order valence-corrected chi connectivity index (χ3v) is 3.49. The summed E-state index contributed by atoms with van der Waals surface area (Å²) in [6.07, 6.45) is -0.397. The van der Waals surface area contributed by atoms with E-state index in [4.69, 9.17) is 4.74 Å². The maximum atomic E-state index is 11.7. The van der Waals surface area contributed by atoms with Crippen LogP contribution in [0.3, 0.4) is 0 Å². The van der Waals surface area contributed by atoms with Crippen LogP contribution in [0, 0.1) is 13.8 Å². The SMILES string of the molecule is Cc1ccc(N[C@H]2OC(=O)c3ccccc32)cc1C. The van der Waals surface area contributed by atoms with Gasteiger partial charge in [0.1, 0.15) is 0 Å². The molecule has 1 heterocycles. The maximum Gasteiger partial charge on any atom is 0.340 e. The van der Waals surface area contributed by atoms with Crippen molar-refractivity contribution in [3.05, 3.63) is 64.7 Å². The van der Waals surface area contributed by atoms with Gasteiger partial charge in [0.2, 0.25) is 6.23 Å². The summed E-state index contributed by atoms with van der Waals surface area (Å²) in [6, 6.07) is 13.6. The molecule has 0 fully saturated rings. The van der Waals surface area contributed by atoms with Crippen molar-refractivity contribution in [3.63, 3.8) is 0 Å². The minimum Gasteiger partial charge on any atom is -0.434 e. The van der Waals surface area contributed by atoms with Crippen LogP contribution in [0.15, 0.2) is 42.5 Å². The van der Waals surface area contributed by atoms with Gasteiger partial charge in [0.25, 0.3) is 0 Å². The topological polar surface area (TPSA) is 38.3 Å². The van der Waals surface area contributed by atoms with Gasteiger partial charge in [0, 0.05) is 11.3 Å². The quantitative estimate of drug-likeness (QED) is 0.831. The van der Waals surface area contributed by atoms with E-state index in [9.17, 15) is 4.79 Å². The number of hydrogen-bond donors (Lipinski definition) is 1. The van der Waals surface area contributed by atoms with E-state index in [1.54, 1.807) is 6.07 Å². The largest absolute Gasteiger partial charge is 0.434 e. The molecule has 0 unspecified atom stereocenters. The molecule has 0 radical (unpaired) electrons. The highest BCUT2D eigenvalue weighted by Gasteiger charge is 2.30. The Kier molecular flexibility index (Phi) is 2.75. The number of carbonyl (C=O) groups is 1. The van der Waals surface area contributed by atoms with Crippen LogP contribution in [0.25, 0.3) is 0 Å². The first-order valence-corrected chi connectivity index (χ1v) is 6.29. The Bertz CT molecular complexity index is 649. The van der Waals surface area contributed by atoms with Crippen molar-refractivity contribution < 1.29 is 9.53 Å². The van der Waals surface area contributed by atoms with Crippen molar-refractivity contribution in [2.45, 2.75) is 20.1 Å². The fourth-order valence-electron chi connectivity index (χ4n) is 2.24. The molecule has 0 bridgehead atoms. The fourth-order valence-corrected chi connectivity index (χ4v) is 2.24. The number of hydrogen-bond acceptors (Lipinski definition) is 3. The summed E-state index contributed by atoms with van der Waals surface area (Å²) in [7, 11) is 0. The first kappa shape index (κ1) is 11.8. The zero-order valence-corrected chi connectivity index (χ0v) is 10.9. The summed E-state index contributed by atoms with van der Waals surface area (Å²) in [4.78, 5) is 11.7. The van der Waals surface area contributed by atoms with Crippen molar-refractivity contribution in [3.8, 4) is 0 Å². The zero-order chi connectivity index (χ0) is 13.4. The smallest absolute Gasteiger partial charge is 0.340 e. The molecule has 3 heteroatoms. The molecule has 0 saturated heterocycles. The first-order valence-electron chi connectivity index (χ1n) is 6.29. The van der Waals surface area contributed by atoms with Crippen LogP contribution in [0.1, 0.15) is 33.3 Å². The number of carbonyl (C=O) groups excluding carboxylic acids is 1. The number of cyclic esters (lactones) is 1. The lowest BCUT2D eigenvalue weighted by Gasteiger charge is -2.15. The highest BCUT2D eigenvalue weighted by Crippen LogP contribution is 2.31. The minimum absolute atomic E-state index is 0.267. The van der Waals surface area contributed by atoms with Gasteiger partial charge in [0.05, 0.1) is 5.56 Å². The molecular formula is C16H15NO2. The van der Waals surface area contributed by atoms with E-state index in [1.807, 2.05) is 24.3 Å². The molecule has 1 aliphatic heterocycles. The Morgan fingerprint density at radius 1 is 1.05 bits per heavy atom. The van der Waals surface area contributed by atoms with Gasteiger partial charge < -0.3 is 10.1 Å². The lowest BCUT2D eigenvalue weighted by molar-refractivity contribution is 0.0437. The molecule has 1 N–H and O–H groups in total. The summed E-state index contributed by atoms with van der Waals surface area (Å²) in [5, 5.41) is 3.25. The molecule has 1 atom stereocenters. The molecule has 3 nitrogen and oxygen atoms in total. The second-order valence-corrected chi connectivity index (χ2v) is 4.82. The zero-order valence-electron chi connectivity index (χ0n) is 10.9. The molecule has 2 aromatic carbocycles. The van der Waals surface area contributed by atoms with Gasteiger partial charge in [-0.05, 0) is 43.2 Å². The van der Waals surface area contributed by atoms with Crippen LogP contribution in [-0.4, -0.2) is 5.97 Å². The Hall–Kier alpha value is -2.29. The molecule has 1 aliphatic rings. The standard InChI is InChI=1S/C16H15NO2/c1-10-7-8-12(9-11(10)2)17-15-13-5-3-4-6-14(13)16(18)19-15/h3-9,15,17H,1-2H3/t15-/m0/s1. The van der Waals surface area contributed by atoms with Crippen molar-refractivity contribution >= 4 is 11.7 Å². The van der Waals surface area contributed by atoms with E-state index < -0.39 is 6.23 Å². The van der Waals surface area contributed by atoms with Gasteiger partial charge >= 0.3 is 5.97 Å². The second-order valence-electron chi connectivity index (χ2n) is 4.82. The number of aryl methyl sites for hydroxylation is 2. The summed E-state index contributed by atoms with van der Waals surface area (Å²) in [5.41, 5.74) is 4.95. The van der Waals surface area contributed by atoms with E-state index in [2.05, 4.69) is 31.3 Å². The summed E-state index contributed by atoms with van der Waals surface area (Å²) < 4.78 is 5.36. The van der Waals surface area contributed by atoms with Crippen LogP contribution < -0.4 is 5.32 Å². The highest BCUT2D eigenvalue weighted by molar-refractivity contribution is 5.94. The predicted molar refractivity (Wildman–Crippen MR) is 74.1 cm³/mol. The number of ether oxygens (including phenoxy) is 1. The van der Waals surface area contributed by atoms with E-state index in [1.165, 1.54) is 11.1 Å². The third-order valence-electron chi connectivity index (χ3n) is 3.49. The minimum atomic E-state index is -0.397. The third kappa shape index (κ3) is 2.08. The number of fused-ring (bicyclic) bond motifs is 1. The molecule has 0 amide bonds. The maximum absolute atomic E-state index is 11.7. The molecule has 0 aliphatic carbocycles. The average molecular weight is 253 g/mol. The van der Waals surface area contributed by atoms with Crippen molar-refractivity contribution in [1.29, 1.82) is 0 Å². The average Bonchev–Trinajstić information content (AvgIpc) is 2.72. The molecule has 0 spiro atoms. The number of esters is 1. The molecule has 0 aromatic heterocycles. The van der Waals surface area contributed by atoms with E-state index in [-0.39, 0.29) is 5.97 Å². The van der Waals surface area contributed by atoms with Gasteiger partial charge in [-0.15, -0.1) is 0 Å². The number of benzene rings is 2. The molecule has 0 saturated carbocycles. The number of nitrogens with one attached hydrogen (secondary N) is 1. The molecule has 2 aromatic rings. The molecule has 3 rings (SSSR count). The summed E-state index contributed by atoms with van der Waals surface area (Å²) >= 11 is 0. The predicted octanol–water partition coefficient (Wildman–Crippen LogP) is 3.58. The number of rotatable bonds is 2. The van der Waals surface area contributed by atoms with E-state index >= 15 is 0 Å². The van der Waals surface area contributed by atoms with E-state index in [0.717, 1.165) is 11.3 Å². The molecule has 19 heavy (non-hydrogen) atoms. The summed E-state index contributed by atoms with van der Waals surface area (Å²) in [6.45, 7) is 4.14. The lowest BCUT2D eigenvalue weighted by Crippen LogP contribution is -2.10. The van der Waals surface area contributed by atoms with Gasteiger partial charge in [-0.1, -0.05) is 24.3 Å². The van der Waals surface area contributed by atoms with Gasteiger partial charge in [-0.3, -0.25) is 0 Å². The Morgan fingerprint density at radius 2 is 1.84 bits per heavy atom.